The molecule has 0 amide bonds. The molecule has 1 aromatic carbocycles. The van der Waals surface area contributed by atoms with E-state index >= 15 is 0 Å². The molecule has 0 atom stereocenters. The molecule has 3 aromatic rings. The lowest BCUT2D eigenvalue weighted by molar-refractivity contribution is 0.0996. The standard InChI is InChI=1S/C20H27N5O2/c1-4-26-12-11-25-9-7-15(8-10-25)20-21-19(23-27-20)16-5-6-17-14(2)22-24(3)18(17)13-16/h5-6,13,15H,4,7-12H2,1-3H3. The van der Waals surface area contributed by atoms with Gasteiger partial charge in [0.1, 0.15) is 0 Å². The number of hydrogen-bond donors (Lipinski definition) is 0. The zero-order valence-electron chi connectivity index (χ0n) is 16.3. The third-order valence-electron chi connectivity index (χ3n) is 5.43. The van der Waals surface area contributed by atoms with Crippen LogP contribution in [0.5, 0.6) is 0 Å². The Morgan fingerprint density at radius 2 is 2.07 bits per heavy atom. The lowest BCUT2D eigenvalue weighted by atomic mass is 9.97. The van der Waals surface area contributed by atoms with Crippen molar-refractivity contribution in [3.05, 3.63) is 29.8 Å². The summed E-state index contributed by atoms with van der Waals surface area (Å²) in [5, 5.41) is 9.87. The number of ether oxygens (including phenoxy) is 1. The van der Waals surface area contributed by atoms with Crippen LogP contribution in [0.25, 0.3) is 22.3 Å². The minimum absolute atomic E-state index is 0.345. The molecule has 27 heavy (non-hydrogen) atoms. The van der Waals surface area contributed by atoms with Crippen LogP contribution in [0.3, 0.4) is 0 Å². The number of aryl methyl sites for hydroxylation is 2. The van der Waals surface area contributed by atoms with E-state index in [0.29, 0.717) is 11.7 Å². The molecule has 1 aliphatic rings. The van der Waals surface area contributed by atoms with Crippen LogP contribution in [0.15, 0.2) is 22.7 Å². The van der Waals surface area contributed by atoms with Crippen molar-refractivity contribution < 1.29 is 9.26 Å². The van der Waals surface area contributed by atoms with Gasteiger partial charge in [-0.05, 0) is 45.8 Å². The molecule has 1 fully saturated rings. The van der Waals surface area contributed by atoms with E-state index in [0.717, 1.165) is 73.7 Å². The Morgan fingerprint density at radius 3 is 2.85 bits per heavy atom. The molecule has 0 N–H and O–H groups in total. The minimum atomic E-state index is 0.345. The molecule has 0 aliphatic carbocycles. The number of aromatic nitrogens is 4. The van der Waals surface area contributed by atoms with Crippen LogP contribution in [-0.4, -0.2) is 57.7 Å². The number of fused-ring (bicyclic) bond motifs is 1. The Bertz CT molecular complexity index is 908. The number of nitrogens with zero attached hydrogens (tertiary/aromatic N) is 5. The number of likely N-dealkylation sites (tertiary alicyclic amines) is 1. The third-order valence-corrected chi connectivity index (χ3v) is 5.43. The van der Waals surface area contributed by atoms with Crippen molar-refractivity contribution in [2.75, 3.05) is 32.8 Å². The van der Waals surface area contributed by atoms with Crippen molar-refractivity contribution in [2.24, 2.45) is 7.05 Å². The van der Waals surface area contributed by atoms with Crippen LogP contribution in [-0.2, 0) is 11.8 Å². The van der Waals surface area contributed by atoms with Crippen LogP contribution in [0, 0.1) is 6.92 Å². The van der Waals surface area contributed by atoms with Crippen molar-refractivity contribution in [3.8, 4) is 11.4 Å². The summed E-state index contributed by atoms with van der Waals surface area (Å²) in [5.41, 5.74) is 3.08. The van der Waals surface area contributed by atoms with Crippen molar-refractivity contribution >= 4 is 10.9 Å². The first-order valence-corrected chi connectivity index (χ1v) is 9.73. The van der Waals surface area contributed by atoms with Crippen LogP contribution in [0.1, 0.15) is 37.3 Å². The van der Waals surface area contributed by atoms with Gasteiger partial charge in [0.05, 0.1) is 17.8 Å². The van der Waals surface area contributed by atoms with Gasteiger partial charge in [0, 0.05) is 37.1 Å². The maximum Gasteiger partial charge on any atom is 0.230 e. The highest BCUT2D eigenvalue weighted by molar-refractivity contribution is 5.85. The Hall–Kier alpha value is -2.25. The van der Waals surface area contributed by atoms with Crippen LogP contribution >= 0.6 is 0 Å². The summed E-state index contributed by atoms with van der Waals surface area (Å²) in [4.78, 5) is 7.14. The van der Waals surface area contributed by atoms with Gasteiger partial charge in [-0.2, -0.15) is 10.1 Å². The SMILES string of the molecule is CCOCCN1CCC(c2nc(-c3ccc4c(C)nn(C)c4c3)no2)CC1. The average Bonchev–Trinajstić information content (AvgIpc) is 3.28. The van der Waals surface area contributed by atoms with E-state index < -0.39 is 0 Å². The molecule has 0 radical (unpaired) electrons. The maximum atomic E-state index is 5.61. The highest BCUT2D eigenvalue weighted by atomic mass is 16.5. The average molecular weight is 369 g/mol. The topological polar surface area (TPSA) is 69.2 Å². The molecule has 0 saturated carbocycles. The van der Waals surface area contributed by atoms with Gasteiger partial charge in [-0.15, -0.1) is 0 Å². The Kier molecular flexibility index (Phi) is 5.22. The van der Waals surface area contributed by atoms with E-state index in [4.69, 9.17) is 14.2 Å². The second kappa shape index (κ2) is 7.78. The van der Waals surface area contributed by atoms with Gasteiger partial charge < -0.3 is 14.2 Å². The molecule has 4 rings (SSSR count). The zero-order valence-corrected chi connectivity index (χ0v) is 16.3. The molecule has 3 heterocycles. The second-order valence-electron chi connectivity index (χ2n) is 7.21. The smallest absolute Gasteiger partial charge is 0.230 e. The monoisotopic (exact) mass is 369 g/mol. The van der Waals surface area contributed by atoms with Gasteiger partial charge in [-0.3, -0.25) is 4.68 Å². The summed E-state index contributed by atoms with van der Waals surface area (Å²) >= 11 is 0. The Labute approximate surface area is 159 Å². The summed E-state index contributed by atoms with van der Waals surface area (Å²) in [6.07, 6.45) is 2.10. The first kappa shape index (κ1) is 18.1. The van der Waals surface area contributed by atoms with E-state index in [1.165, 1.54) is 0 Å². The fourth-order valence-electron chi connectivity index (χ4n) is 3.84. The van der Waals surface area contributed by atoms with Crippen molar-refractivity contribution in [1.82, 2.24) is 24.8 Å². The van der Waals surface area contributed by atoms with Crippen LogP contribution in [0.2, 0.25) is 0 Å². The molecule has 1 aliphatic heterocycles. The van der Waals surface area contributed by atoms with E-state index in [2.05, 4.69) is 27.3 Å². The minimum Gasteiger partial charge on any atom is -0.380 e. The lowest BCUT2D eigenvalue weighted by Crippen LogP contribution is -2.35. The first-order valence-electron chi connectivity index (χ1n) is 9.73. The fraction of sp³-hybridized carbons (Fsp3) is 0.550. The summed E-state index contributed by atoms with van der Waals surface area (Å²) < 4.78 is 13.0. The molecule has 1 saturated heterocycles. The molecule has 7 heteroatoms. The van der Waals surface area contributed by atoms with Gasteiger partial charge in [0.25, 0.3) is 0 Å². The second-order valence-corrected chi connectivity index (χ2v) is 7.21. The van der Waals surface area contributed by atoms with E-state index in [-0.39, 0.29) is 0 Å². The maximum absolute atomic E-state index is 5.61. The van der Waals surface area contributed by atoms with Crippen LogP contribution in [0.4, 0.5) is 0 Å². The van der Waals surface area contributed by atoms with Crippen LogP contribution < -0.4 is 0 Å². The van der Waals surface area contributed by atoms with Crippen molar-refractivity contribution in [3.63, 3.8) is 0 Å². The van der Waals surface area contributed by atoms with E-state index in [1.807, 2.05) is 31.6 Å². The number of benzene rings is 1. The Balaban J connectivity index is 1.44. The molecular weight excluding hydrogens is 342 g/mol. The molecule has 144 valence electrons. The summed E-state index contributed by atoms with van der Waals surface area (Å²) in [6, 6.07) is 6.21. The molecule has 0 spiro atoms. The van der Waals surface area contributed by atoms with Gasteiger partial charge in [0.2, 0.25) is 11.7 Å². The van der Waals surface area contributed by atoms with Gasteiger partial charge >= 0.3 is 0 Å². The first-order chi connectivity index (χ1) is 13.2. The van der Waals surface area contributed by atoms with Crippen molar-refractivity contribution in [1.29, 1.82) is 0 Å². The number of rotatable bonds is 6. The molecule has 7 nitrogen and oxygen atoms in total. The normalized spacial score (nSPS) is 16.4. The van der Waals surface area contributed by atoms with Gasteiger partial charge in [-0.25, -0.2) is 0 Å². The fourth-order valence-corrected chi connectivity index (χ4v) is 3.84. The highest BCUT2D eigenvalue weighted by Gasteiger charge is 2.25. The van der Waals surface area contributed by atoms with Gasteiger partial charge in [0.15, 0.2) is 0 Å². The highest BCUT2D eigenvalue weighted by Crippen LogP contribution is 2.29. The number of hydrogen-bond acceptors (Lipinski definition) is 6. The van der Waals surface area contributed by atoms with Crippen molar-refractivity contribution in [2.45, 2.75) is 32.6 Å². The Morgan fingerprint density at radius 1 is 1.26 bits per heavy atom. The summed E-state index contributed by atoms with van der Waals surface area (Å²) in [6.45, 7) is 8.75. The molecular formula is C20H27N5O2. The molecule has 0 bridgehead atoms. The lowest BCUT2D eigenvalue weighted by Gasteiger charge is -2.29. The third kappa shape index (κ3) is 3.75. The quantitative estimate of drug-likeness (QED) is 0.622. The largest absolute Gasteiger partial charge is 0.380 e. The predicted molar refractivity (Wildman–Crippen MR) is 104 cm³/mol. The molecule has 0 unspecified atom stereocenters. The predicted octanol–water partition coefficient (Wildman–Crippen LogP) is 3.15. The summed E-state index contributed by atoms with van der Waals surface area (Å²) in [5.74, 6) is 1.76. The zero-order chi connectivity index (χ0) is 18.8. The van der Waals surface area contributed by atoms with E-state index in [1.54, 1.807) is 0 Å². The van der Waals surface area contributed by atoms with Gasteiger partial charge in [-0.1, -0.05) is 17.3 Å². The number of piperidine rings is 1. The summed E-state index contributed by atoms with van der Waals surface area (Å²) in [7, 11) is 1.96. The molecule has 2 aromatic heterocycles. The van der Waals surface area contributed by atoms with E-state index in [9.17, 15) is 0 Å².